The van der Waals surface area contributed by atoms with Crippen molar-refractivity contribution in [1.82, 2.24) is 24.9 Å². The Morgan fingerprint density at radius 3 is 2.70 bits per heavy atom. The molecule has 8 nitrogen and oxygen atoms in total. The monoisotopic (exact) mass is 515 g/mol. The molecule has 0 aliphatic carbocycles. The van der Waals surface area contributed by atoms with Gasteiger partial charge in [-0.15, -0.1) is 11.3 Å². The Kier molecular flexibility index (Phi) is 6.84. The van der Waals surface area contributed by atoms with E-state index < -0.39 is 6.10 Å². The average Bonchev–Trinajstić information content (AvgIpc) is 3.53. The maximum Gasteiger partial charge on any atom is 0.241 e. The number of hydrogen-bond donors (Lipinski definition) is 1. The maximum atomic E-state index is 10.5. The van der Waals surface area contributed by atoms with Crippen molar-refractivity contribution < 1.29 is 14.4 Å². The summed E-state index contributed by atoms with van der Waals surface area (Å²) in [6, 6.07) is 20.3. The first kappa shape index (κ1) is 24.0. The highest BCUT2D eigenvalue weighted by Gasteiger charge is 2.22. The van der Waals surface area contributed by atoms with Crippen LogP contribution in [0.5, 0.6) is 5.75 Å². The molecule has 0 amide bonds. The van der Waals surface area contributed by atoms with Crippen molar-refractivity contribution in [1.29, 1.82) is 0 Å². The van der Waals surface area contributed by atoms with Crippen LogP contribution < -0.4 is 4.74 Å². The number of β-amino-alcohol motifs (C(OH)–C–C–N with tert-alkyl or cyclic N) is 1. The van der Waals surface area contributed by atoms with E-state index >= 15 is 0 Å². The van der Waals surface area contributed by atoms with Crippen LogP contribution in [0.25, 0.3) is 32.4 Å². The minimum atomic E-state index is -0.557. The van der Waals surface area contributed by atoms with Gasteiger partial charge < -0.3 is 14.4 Å². The standard InChI is InChI=1S/C28H29N5O3S/c1-19-29-25-15-22(9-10-26(25)37-19)35-18-21(34)16-32-11-13-33(14-12-32)17-27-30-28(31-36-27)24-8-4-6-20-5-2-3-7-23(20)24/h2-10,15,21,34H,11-14,16-18H2,1H3/t21-/m0/s1. The van der Waals surface area contributed by atoms with Gasteiger partial charge in [-0.3, -0.25) is 9.80 Å². The van der Waals surface area contributed by atoms with Crippen molar-refractivity contribution in [2.45, 2.75) is 19.6 Å². The predicted molar refractivity (Wildman–Crippen MR) is 145 cm³/mol. The van der Waals surface area contributed by atoms with Crippen molar-refractivity contribution in [2.24, 2.45) is 0 Å². The van der Waals surface area contributed by atoms with Gasteiger partial charge in [-0.2, -0.15) is 4.98 Å². The van der Waals surface area contributed by atoms with Crippen molar-refractivity contribution in [2.75, 3.05) is 39.3 Å². The molecule has 0 unspecified atom stereocenters. The van der Waals surface area contributed by atoms with Crippen molar-refractivity contribution >= 4 is 32.3 Å². The van der Waals surface area contributed by atoms with E-state index in [-0.39, 0.29) is 6.61 Å². The molecule has 1 atom stereocenters. The topological polar surface area (TPSA) is 87.8 Å². The number of aliphatic hydroxyl groups excluding tert-OH is 1. The summed E-state index contributed by atoms with van der Waals surface area (Å²) in [5.74, 6) is 1.99. The number of ether oxygens (including phenoxy) is 1. The Hall–Kier alpha value is -3.37. The summed E-state index contributed by atoms with van der Waals surface area (Å²) >= 11 is 1.67. The molecule has 37 heavy (non-hydrogen) atoms. The minimum Gasteiger partial charge on any atom is -0.491 e. The first-order chi connectivity index (χ1) is 18.1. The second kappa shape index (κ2) is 10.5. The van der Waals surface area contributed by atoms with Gasteiger partial charge in [0, 0.05) is 44.4 Å². The number of aromatic nitrogens is 3. The second-order valence-corrected chi connectivity index (χ2v) is 10.7. The molecular formula is C28H29N5O3S. The molecule has 0 radical (unpaired) electrons. The Morgan fingerprint density at radius 1 is 1.00 bits per heavy atom. The Morgan fingerprint density at radius 2 is 1.81 bits per heavy atom. The molecule has 6 rings (SSSR count). The number of piperazine rings is 1. The fourth-order valence-corrected chi connectivity index (χ4v) is 5.63. The molecule has 9 heteroatoms. The highest BCUT2D eigenvalue weighted by molar-refractivity contribution is 7.18. The third kappa shape index (κ3) is 5.50. The summed E-state index contributed by atoms with van der Waals surface area (Å²) in [4.78, 5) is 13.8. The number of thiazole rings is 1. The zero-order valence-corrected chi connectivity index (χ0v) is 21.5. The third-order valence-corrected chi connectivity index (χ3v) is 7.65. The summed E-state index contributed by atoms with van der Waals surface area (Å²) in [7, 11) is 0. The van der Waals surface area contributed by atoms with Gasteiger partial charge in [0.2, 0.25) is 11.7 Å². The molecule has 3 heterocycles. The first-order valence-electron chi connectivity index (χ1n) is 12.5. The summed E-state index contributed by atoms with van der Waals surface area (Å²) in [6.45, 7) is 6.94. The number of fused-ring (bicyclic) bond motifs is 2. The van der Waals surface area contributed by atoms with Crippen LogP contribution in [-0.4, -0.2) is 75.5 Å². The van der Waals surface area contributed by atoms with E-state index in [1.54, 1.807) is 11.3 Å². The van der Waals surface area contributed by atoms with Gasteiger partial charge in [-0.25, -0.2) is 4.98 Å². The van der Waals surface area contributed by atoms with Crippen LogP contribution in [0.2, 0.25) is 0 Å². The van der Waals surface area contributed by atoms with Crippen LogP contribution in [0, 0.1) is 6.92 Å². The third-order valence-electron chi connectivity index (χ3n) is 6.70. The second-order valence-electron chi connectivity index (χ2n) is 9.44. The van der Waals surface area contributed by atoms with Crippen LogP contribution in [0.15, 0.2) is 65.2 Å². The van der Waals surface area contributed by atoms with Crippen molar-refractivity contribution in [3.63, 3.8) is 0 Å². The number of nitrogens with zero attached hydrogens (tertiary/aromatic N) is 5. The first-order valence-corrected chi connectivity index (χ1v) is 13.4. The molecule has 1 N–H and O–H groups in total. The molecule has 1 aliphatic heterocycles. The molecular weight excluding hydrogens is 486 g/mol. The summed E-state index contributed by atoms with van der Waals surface area (Å²) in [5.41, 5.74) is 1.92. The minimum absolute atomic E-state index is 0.258. The normalized spacial score (nSPS) is 15.9. The van der Waals surface area contributed by atoms with Gasteiger partial charge in [-0.1, -0.05) is 47.6 Å². The number of aryl methyl sites for hydroxylation is 1. The highest BCUT2D eigenvalue weighted by atomic mass is 32.1. The number of benzene rings is 3. The van der Waals surface area contributed by atoms with E-state index in [0.717, 1.165) is 63.5 Å². The highest BCUT2D eigenvalue weighted by Crippen LogP contribution is 2.27. The van der Waals surface area contributed by atoms with Gasteiger partial charge in [0.05, 0.1) is 21.8 Å². The van der Waals surface area contributed by atoms with Gasteiger partial charge in [0.15, 0.2) is 0 Å². The van der Waals surface area contributed by atoms with Crippen LogP contribution in [0.3, 0.4) is 0 Å². The quantitative estimate of drug-likeness (QED) is 0.326. The van der Waals surface area contributed by atoms with E-state index in [1.165, 1.54) is 0 Å². The van der Waals surface area contributed by atoms with E-state index in [2.05, 4.69) is 43.1 Å². The van der Waals surface area contributed by atoms with E-state index in [1.807, 2.05) is 49.4 Å². The number of rotatable bonds is 8. The van der Waals surface area contributed by atoms with Crippen LogP contribution >= 0.6 is 11.3 Å². The van der Waals surface area contributed by atoms with Crippen LogP contribution in [-0.2, 0) is 6.54 Å². The predicted octanol–water partition coefficient (Wildman–Crippen LogP) is 4.37. The van der Waals surface area contributed by atoms with Gasteiger partial charge in [-0.05, 0) is 29.8 Å². The summed E-state index contributed by atoms with van der Waals surface area (Å²) < 4.78 is 12.6. The largest absolute Gasteiger partial charge is 0.491 e. The summed E-state index contributed by atoms with van der Waals surface area (Å²) in [6.07, 6.45) is -0.557. The lowest BCUT2D eigenvalue weighted by atomic mass is 10.0. The lowest BCUT2D eigenvalue weighted by Gasteiger charge is -2.34. The van der Waals surface area contributed by atoms with Gasteiger partial charge >= 0.3 is 0 Å². The van der Waals surface area contributed by atoms with Crippen molar-refractivity contribution in [3.8, 4) is 17.1 Å². The average molecular weight is 516 g/mol. The SMILES string of the molecule is Cc1nc2cc(OC[C@@H](O)CN3CCN(Cc4nc(-c5cccc6ccccc56)no4)CC3)ccc2s1. The lowest BCUT2D eigenvalue weighted by Crippen LogP contribution is -2.48. The molecule has 0 spiro atoms. The Labute approximate surface area is 219 Å². The van der Waals surface area contributed by atoms with E-state index in [9.17, 15) is 5.11 Å². The molecule has 2 aromatic heterocycles. The molecule has 1 saturated heterocycles. The van der Waals surface area contributed by atoms with Crippen molar-refractivity contribution in [3.05, 3.63) is 71.6 Å². The molecule has 3 aromatic carbocycles. The maximum absolute atomic E-state index is 10.5. The molecule has 0 saturated carbocycles. The van der Waals surface area contributed by atoms with E-state index in [4.69, 9.17) is 9.26 Å². The fraction of sp³-hybridized carbons (Fsp3) is 0.321. The number of aliphatic hydroxyl groups is 1. The van der Waals surface area contributed by atoms with Gasteiger partial charge in [0.25, 0.3) is 0 Å². The molecule has 1 fully saturated rings. The molecule has 0 bridgehead atoms. The summed E-state index contributed by atoms with van der Waals surface area (Å²) in [5, 5.41) is 18.1. The lowest BCUT2D eigenvalue weighted by molar-refractivity contribution is 0.0426. The molecule has 1 aliphatic rings. The zero-order valence-electron chi connectivity index (χ0n) is 20.7. The number of hydrogen-bond acceptors (Lipinski definition) is 9. The smallest absolute Gasteiger partial charge is 0.241 e. The zero-order chi connectivity index (χ0) is 25.2. The molecule has 5 aromatic rings. The van der Waals surface area contributed by atoms with Crippen LogP contribution in [0.4, 0.5) is 0 Å². The molecule has 190 valence electrons. The van der Waals surface area contributed by atoms with Crippen LogP contribution in [0.1, 0.15) is 10.9 Å². The Bertz CT molecular complexity index is 1500. The van der Waals surface area contributed by atoms with E-state index in [0.29, 0.717) is 24.8 Å². The van der Waals surface area contributed by atoms with Gasteiger partial charge in [0.1, 0.15) is 18.5 Å². The fourth-order valence-electron chi connectivity index (χ4n) is 4.83. The Balaban J connectivity index is 0.981.